The van der Waals surface area contributed by atoms with E-state index in [2.05, 4.69) is 16.0 Å². The molecular weight excluding hydrogens is 214 g/mol. The maximum Gasteiger partial charge on any atom is 0.242 e. The lowest BCUT2D eigenvalue weighted by molar-refractivity contribution is -0.130. The highest BCUT2D eigenvalue weighted by atomic mass is 32.2. The highest BCUT2D eigenvalue weighted by Crippen LogP contribution is 2.10. The van der Waals surface area contributed by atoms with Crippen molar-refractivity contribution in [1.29, 1.82) is 0 Å². The Hall–Kier alpha value is -0.750. The number of hydrogen-bond acceptors (Lipinski definition) is 4. The van der Waals surface area contributed by atoms with E-state index in [4.69, 9.17) is 0 Å². The van der Waals surface area contributed by atoms with Crippen LogP contribution in [0.25, 0.3) is 0 Å². The van der Waals surface area contributed by atoms with Crippen LogP contribution in [0.3, 0.4) is 0 Å². The molecule has 15 heavy (non-hydrogen) atoms. The molecule has 6 heteroatoms. The number of rotatable bonds is 2. The second-order valence-corrected chi connectivity index (χ2v) is 4.80. The molecule has 0 saturated carbocycles. The summed E-state index contributed by atoms with van der Waals surface area (Å²) in [6.45, 7) is 0.725. The lowest BCUT2D eigenvalue weighted by Gasteiger charge is -2.23. The highest BCUT2D eigenvalue weighted by molar-refractivity contribution is 7.99. The van der Waals surface area contributed by atoms with E-state index in [1.165, 1.54) is 0 Å². The average molecular weight is 229 g/mol. The third kappa shape index (κ3) is 2.63. The van der Waals surface area contributed by atoms with Crippen molar-refractivity contribution in [3.05, 3.63) is 0 Å². The number of carbonyl (C=O) groups excluding carboxylic acids is 2. The summed E-state index contributed by atoms with van der Waals surface area (Å²) in [5.41, 5.74) is 0. The van der Waals surface area contributed by atoms with Crippen molar-refractivity contribution in [3.63, 3.8) is 0 Å². The summed E-state index contributed by atoms with van der Waals surface area (Å²) in [7, 11) is 0. The molecule has 0 aromatic rings. The van der Waals surface area contributed by atoms with Crippen LogP contribution in [0.15, 0.2) is 0 Å². The van der Waals surface area contributed by atoms with Gasteiger partial charge < -0.3 is 10.6 Å². The quantitative estimate of drug-likeness (QED) is 0.570. The first-order valence-corrected chi connectivity index (χ1v) is 6.32. The van der Waals surface area contributed by atoms with Crippen LogP contribution in [0, 0.1) is 0 Å². The summed E-state index contributed by atoms with van der Waals surface area (Å²) in [6, 6.07) is -0.469. The standard InChI is InChI=1S/C9H15N3O2S/c13-8-6(2-1-3-10-8)12-9(14)7-4-15-5-11-7/h6-7,11H,1-5H2,(H,10,13)(H,12,14). The summed E-state index contributed by atoms with van der Waals surface area (Å²) in [4.78, 5) is 23.1. The van der Waals surface area contributed by atoms with Crippen molar-refractivity contribution in [2.24, 2.45) is 0 Å². The van der Waals surface area contributed by atoms with Gasteiger partial charge in [-0.3, -0.25) is 14.9 Å². The van der Waals surface area contributed by atoms with Crippen LogP contribution in [-0.4, -0.2) is 42.1 Å². The third-order valence-electron chi connectivity index (χ3n) is 2.63. The van der Waals surface area contributed by atoms with Crippen molar-refractivity contribution in [2.75, 3.05) is 18.2 Å². The van der Waals surface area contributed by atoms with Crippen LogP contribution in [-0.2, 0) is 9.59 Å². The molecule has 0 aromatic carbocycles. The number of carbonyl (C=O) groups is 2. The molecule has 0 radical (unpaired) electrons. The van der Waals surface area contributed by atoms with Crippen LogP contribution in [0.4, 0.5) is 0 Å². The van der Waals surface area contributed by atoms with Crippen molar-refractivity contribution in [2.45, 2.75) is 24.9 Å². The van der Waals surface area contributed by atoms with E-state index >= 15 is 0 Å². The Kier molecular flexibility index (Phi) is 3.48. The molecule has 5 nitrogen and oxygen atoms in total. The lowest BCUT2D eigenvalue weighted by atomic mass is 10.1. The van der Waals surface area contributed by atoms with E-state index < -0.39 is 0 Å². The zero-order valence-electron chi connectivity index (χ0n) is 8.41. The molecule has 2 amide bonds. The van der Waals surface area contributed by atoms with E-state index in [1.807, 2.05) is 0 Å². The van der Waals surface area contributed by atoms with Gasteiger partial charge in [0.25, 0.3) is 0 Å². The van der Waals surface area contributed by atoms with Crippen LogP contribution in [0.2, 0.25) is 0 Å². The molecule has 2 atom stereocenters. The minimum Gasteiger partial charge on any atom is -0.354 e. The number of piperidine rings is 1. The van der Waals surface area contributed by atoms with E-state index in [0.29, 0.717) is 0 Å². The Balaban J connectivity index is 1.84. The molecule has 0 aromatic heterocycles. The fraction of sp³-hybridized carbons (Fsp3) is 0.778. The molecule has 3 N–H and O–H groups in total. The zero-order valence-corrected chi connectivity index (χ0v) is 9.23. The van der Waals surface area contributed by atoms with E-state index in [9.17, 15) is 9.59 Å². The fourth-order valence-electron chi connectivity index (χ4n) is 1.75. The van der Waals surface area contributed by atoms with Gasteiger partial charge in [0.1, 0.15) is 6.04 Å². The molecule has 84 valence electrons. The van der Waals surface area contributed by atoms with E-state index in [1.54, 1.807) is 11.8 Å². The number of thioether (sulfide) groups is 1. The summed E-state index contributed by atoms with van der Waals surface area (Å²) in [6.07, 6.45) is 1.68. The van der Waals surface area contributed by atoms with Crippen LogP contribution in [0.1, 0.15) is 12.8 Å². The summed E-state index contributed by atoms with van der Waals surface area (Å²) in [5, 5.41) is 8.61. The number of amides is 2. The zero-order chi connectivity index (χ0) is 10.7. The van der Waals surface area contributed by atoms with Gasteiger partial charge in [0.15, 0.2) is 0 Å². The predicted molar refractivity (Wildman–Crippen MR) is 58.4 cm³/mol. The summed E-state index contributed by atoms with van der Waals surface area (Å²) in [5.74, 6) is 1.50. The van der Waals surface area contributed by atoms with Gasteiger partial charge in [-0.1, -0.05) is 0 Å². The lowest BCUT2D eigenvalue weighted by Crippen LogP contribution is -2.54. The van der Waals surface area contributed by atoms with Crippen LogP contribution >= 0.6 is 11.8 Å². The molecule has 0 bridgehead atoms. The van der Waals surface area contributed by atoms with Gasteiger partial charge in [-0.2, -0.15) is 0 Å². The third-order valence-corrected chi connectivity index (χ3v) is 3.57. The second kappa shape index (κ2) is 4.85. The minimum atomic E-state index is -0.335. The summed E-state index contributed by atoms with van der Waals surface area (Å²) < 4.78 is 0. The average Bonchev–Trinajstić information content (AvgIpc) is 2.74. The van der Waals surface area contributed by atoms with Gasteiger partial charge in [-0.15, -0.1) is 11.8 Å². The Morgan fingerprint density at radius 2 is 2.40 bits per heavy atom. The largest absolute Gasteiger partial charge is 0.354 e. The fourth-order valence-corrected chi connectivity index (χ4v) is 2.69. The Labute approximate surface area is 92.7 Å². The van der Waals surface area contributed by atoms with Crippen LogP contribution in [0.5, 0.6) is 0 Å². The maximum atomic E-state index is 11.7. The molecule has 2 rings (SSSR count). The normalized spacial score (nSPS) is 31.1. The highest BCUT2D eigenvalue weighted by Gasteiger charge is 2.28. The maximum absolute atomic E-state index is 11.7. The molecule has 2 unspecified atom stereocenters. The molecule has 2 aliphatic heterocycles. The molecule has 2 fully saturated rings. The van der Waals surface area contributed by atoms with E-state index in [-0.39, 0.29) is 23.9 Å². The molecule has 2 heterocycles. The summed E-state index contributed by atoms with van der Waals surface area (Å²) >= 11 is 1.70. The van der Waals surface area contributed by atoms with Gasteiger partial charge in [-0.25, -0.2) is 0 Å². The van der Waals surface area contributed by atoms with Gasteiger partial charge in [0.05, 0.1) is 6.04 Å². The van der Waals surface area contributed by atoms with Gasteiger partial charge >= 0.3 is 0 Å². The molecule has 2 aliphatic rings. The molecule has 0 spiro atoms. The van der Waals surface area contributed by atoms with Crippen molar-refractivity contribution in [3.8, 4) is 0 Å². The Morgan fingerprint density at radius 1 is 1.53 bits per heavy atom. The topological polar surface area (TPSA) is 70.2 Å². The Bertz CT molecular complexity index is 266. The predicted octanol–water partition coefficient (Wildman–Crippen LogP) is -0.956. The monoisotopic (exact) mass is 229 g/mol. The van der Waals surface area contributed by atoms with E-state index in [0.717, 1.165) is 31.0 Å². The smallest absolute Gasteiger partial charge is 0.242 e. The van der Waals surface area contributed by atoms with Crippen molar-refractivity contribution < 1.29 is 9.59 Å². The first kappa shape index (κ1) is 10.8. The Morgan fingerprint density at radius 3 is 3.07 bits per heavy atom. The minimum absolute atomic E-state index is 0.0537. The van der Waals surface area contributed by atoms with Crippen LogP contribution < -0.4 is 16.0 Å². The first-order valence-electron chi connectivity index (χ1n) is 5.16. The number of hydrogen-bond donors (Lipinski definition) is 3. The van der Waals surface area contributed by atoms with Gasteiger partial charge in [0, 0.05) is 18.2 Å². The number of nitrogens with one attached hydrogen (secondary N) is 3. The van der Waals surface area contributed by atoms with Crippen molar-refractivity contribution >= 4 is 23.6 Å². The van der Waals surface area contributed by atoms with Gasteiger partial charge in [0.2, 0.25) is 11.8 Å². The van der Waals surface area contributed by atoms with Gasteiger partial charge in [-0.05, 0) is 12.8 Å². The molecular formula is C9H15N3O2S. The van der Waals surface area contributed by atoms with Crippen molar-refractivity contribution in [1.82, 2.24) is 16.0 Å². The first-order chi connectivity index (χ1) is 7.27. The second-order valence-electron chi connectivity index (χ2n) is 3.77. The molecule has 0 aliphatic carbocycles. The SMILES string of the molecule is O=C(NC1CCCNC1=O)C1CSCN1. The molecule has 2 saturated heterocycles.